The van der Waals surface area contributed by atoms with Crippen LogP contribution in [0.3, 0.4) is 0 Å². The van der Waals surface area contributed by atoms with Crippen LogP contribution in [0.15, 0.2) is 0 Å². The van der Waals surface area contributed by atoms with Gasteiger partial charge >= 0.3 is 5.97 Å². The smallest absolute Gasteiger partial charge is 0.347 e. The first kappa shape index (κ1) is 8.63. The second-order valence-corrected chi connectivity index (χ2v) is 2.07. The lowest BCUT2D eigenvalue weighted by Crippen LogP contribution is -2.05. The highest BCUT2D eigenvalue weighted by molar-refractivity contribution is 5.89. The lowest BCUT2D eigenvalue weighted by molar-refractivity contribution is 0.0589. The molecule has 0 aliphatic heterocycles. The van der Waals surface area contributed by atoms with Gasteiger partial charge in [0.2, 0.25) is 11.9 Å². The van der Waals surface area contributed by atoms with Gasteiger partial charge in [-0.1, -0.05) is 0 Å². The zero-order valence-corrected chi connectivity index (χ0v) is 6.47. The van der Waals surface area contributed by atoms with E-state index in [2.05, 4.69) is 9.84 Å². The van der Waals surface area contributed by atoms with Crippen LogP contribution in [0.25, 0.3) is 0 Å². The summed E-state index contributed by atoms with van der Waals surface area (Å²) in [5, 5.41) is 3.05. The Morgan fingerprint density at radius 3 is 2.50 bits per heavy atom. The molecule has 0 unspecified atom stereocenters. The highest BCUT2D eigenvalue weighted by Gasteiger charge is 2.23. The molecule has 0 spiro atoms. The van der Waals surface area contributed by atoms with Crippen molar-refractivity contribution in [2.75, 3.05) is 7.11 Å². The van der Waals surface area contributed by atoms with Crippen LogP contribution in [-0.2, 0) is 11.8 Å². The number of ether oxygens (including phenoxy) is 1. The predicted octanol–water partition coefficient (Wildman–Crippen LogP) is 0.485. The molecule has 0 N–H and O–H groups in total. The van der Waals surface area contributed by atoms with Gasteiger partial charge in [-0.25, -0.2) is 9.48 Å². The highest BCUT2D eigenvalue weighted by Crippen LogP contribution is 2.10. The minimum atomic E-state index is -1.16. The molecule has 12 heavy (non-hydrogen) atoms. The summed E-state index contributed by atoms with van der Waals surface area (Å²) in [6.45, 7) is 0. The molecular formula is C6H6F2N2O2. The second-order valence-electron chi connectivity index (χ2n) is 2.07. The van der Waals surface area contributed by atoms with Gasteiger partial charge < -0.3 is 4.74 Å². The van der Waals surface area contributed by atoms with Gasteiger partial charge in [0.1, 0.15) is 0 Å². The molecule has 0 saturated carbocycles. The molecule has 6 heteroatoms. The van der Waals surface area contributed by atoms with E-state index >= 15 is 0 Å². The van der Waals surface area contributed by atoms with Crippen molar-refractivity contribution in [2.45, 2.75) is 0 Å². The van der Waals surface area contributed by atoms with Crippen molar-refractivity contribution < 1.29 is 18.3 Å². The molecule has 66 valence electrons. The first-order chi connectivity index (χ1) is 5.57. The number of nitrogens with zero attached hydrogens (tertiary/aromatic N) is 2. The minimum Gasteiger partial charge on any atom is -0.465 e. The highest BCUT2D eigenvalue weighted by atomic mass is 19.1. The molecule has 0 radical (unpaired) electrons. The van der Waals surface area contributed by atoms with Crippen LogP contribution in [0.2, 0.25) is 0 Å². The molecule has 0 aliphatic carbocycles. The van der Waals surface area contributed by atoms with Crippen LogP contribution in [0.1, 0.15) is 10.4 Å². The average molecular weight is 176 g/mol. The second kappa shape index (κ2) is 2.88. The summed E-state index contributed by atoms with van der Waals surface area (Å²) in [4.78, 5) is 10.7. The molecule has 0 fully saturated rings. The zero-order valence-electron chi connectivity index (χ0n) is 6.47. The van der Waals surface area contributed by atoms with Crippen molar-refractivity contribution in [1.82, 2.24) is 9.78 Å². The standard InChI is InChI=1S/C6H6F2N2O2/c1-10-5(8)3(4(7)9-10)6(11)12-2/h1-2H3. The van der Waals surface area contributed by atoms with Gasteiger partial charge in [-0.15, -0.1) is 5.10 Å². The SMILES string of the molecule is COC(=O)c1c(F)nn(C)c1F. The Morgan fingerprint density at radius 2 is 2.17 bits per heavy atom. The molecule has 0 aromatic carbocycles. The number of aryl methyl sites for hydroxylation is 1. The number of hydrogen-bond donors (Lipinski definition) is 0. The lowest BCUT2D eigenvalue weighted by atomic mass is 10.3. The Balaban J connectivity index is 3.22. The van der Waals surface area contributed by atoms with Crippen LogP contribution in [0.4, 0.5) is 8.78 Å². The third kappa shape index (κ3) is 1.15. The van der Waals surface area contributed by atoms with Crippen molar-refractivity contribution in [2.24, 2.45) is 7.05 Å². The normalized spacial score (nSPS) is 10.0. The third-order valence-corrected chi connectivity index (χ3v) is 1.32. The van der Waals surface area contributed by atoms with Crippen molar-refractivity contribution in [1.29, 1.82) is 0 Å². The number of esters is 1. The molecule has 0 amide bonds. The Bertz CT molecular complexity index is 322. The molecule has 1 aromatic heterocycles. The zero-order chi connectivity index (χ0) is 9.30. The number of hydrogen-bond acceptors (Lipinski definition) is 3. The summed E-state index contributed by atoms with van der Waals surface area (Å²) < 4.78 is 30.2. The molecule has 0 aliphatic rings. The Morgan fingerprint density at radius 1 is 1.58 bits per heavy atom. The van der Waals surface area contributed by atoms with Gasteiger partial charge in [-0.3, -0.25) is 0 Å². The number of halogens is 2. The predicted molar refractivity (Wildman–Crippen MR) is 34.5 cm³/mol. The van der Waals surface area contributed by atoms with Crippen molar-refractivity contribution in [3.63, 3.8) is 0 Å². The summed E-state index contributed by atoms with van der Waals surface area (Å²) in [5.74, 6) is -3.28. The lowest BCUT2D eigenvalue weighted by Gasteiger charge is -1.93. The van der Waals surface area contributed by atoms with E-state index in [-0.39, 0.29) is 0 Å². The Hall–Kier alpha value is -1.46. The Labute approximate surface area is 66.7 Å². The maximum Gasteiger partial charge on any atom is 0.347 e. The summed E-state index contributed by atoms with van der Waals surface area (Å²) >= 11 is 0. The first-order valence-electron chi connectivity index (χ1n) is 3.04. The van der Waals surface area contributed by atoms with Gasteiger partial charge in [0.25, 0.3) is 0 Å². The molecule has 4 nitrogen and oxygen atoms in total. The fourth-order valence-electron chi connectivity index (χ4n) is 0.743. The van der Waals surface area contributed by atoms with Crippen molar-refractivity contribution in [3.8, 4) is 0 Å². The number of carbonyl (C=O) groups excluding carboxylic acids is 1. The van der Waals surface area contributed by atoms with E-state index in [1.165, 1.54) is 7.05 Å². The number of aromatic nitrogens is 2. The summed E-state index contributed by atoms with van der Waals surface area (Å²) in [6.07, 6.45) is 0. The van der Waals surface area contributed by atoms with Crippen LogP contribution >= 0.6 is 0 Å². The van der Waals surface area contributed by atoms with E-state index in [1.807, 2.05) is 0 Å². The fourth-order valence-corrected chi connectivity index (χ4v) is 0.743. The van der Waals surface area contributed by atoms with Crippen molar-refractivity contribution >= 4 is 5.97 Å². The maximum absolute atomic E-state index is 12.8. The van der Waals surface area contributed by atoms with Gasteiger partial charge in [0, 0.05) is 7.05 Å². The molecule has 0 saturated heterocycles. The Kier molecular flexibility index (Phi) is 2.07. The number of carbonyl (C=O) groups is 1. The average Bonchev–Trinajstić information content (AvgIpc) is 2.26. The van der Waals surface area contributed by atoms with Crippen molar-refractivity contribution in [3.05, 3.63) is 17.5 Å². The molecule has 1 aromatic rings. The molecular weight excluding hydrogens is 170 g/mol. The van der Waals surface area contributed by atoms with Crippen LogP contribution < -0.4 is 0 Å². The van der Waals surface area contributed by atoms with Gasteiger partial charge in [-0.05, 0) is 0 Å². The van der Waals surface area contributed by atoms with Gasteiger partial charge in [0.05, 0.1) is 7.11 Å². The van der Waals surface area contributed by atoms with Crippen LogP contribution in [0.5, 0.6) is 0 Å². The molecule has 0 bridgehead atoms. The van der Waals surface area contributed by atoms with E-state index < -0.39 is 23.4 Å². The minimum absolute atomic E-state index is 0.627. The van der Waals surface area contributed by atoms with E-state index in [4.69, 9.17) is 0 Å². The summed E-state index contributed by atoms with van der Waals surface area (Å²) in [7, 11) is 2.22. The van der Waals surface area contributed by atoms with Crippen LogP contribution in [-0.4, -0.2) is 22.9 Å². The molecule has 0 atom stereocenters. The number of methoxy groups -OCH3 is 1. The third-order valence-electron chi connectivity index (χ3n) is 1.32. The van der Waals surface area contributed by atoms with E-state index in [0.29, 0.717) is 4.68 Å². The molecule has 1 rings (SSSR count). The fraction of sp³-hybridized carbons (Fsp3) is 0.333. The van der Waals surface area contributed by atoms with Crippen LogP contribution in [0, 0.1) is 11.9 Å². The first-order valence-corrected chi connectivity index (χ1v) is 3.04. The van der Waals surface area contributed by atoms with Gasteiger partial charge in [-0.2, -0.15) is 8.78 Å². The quantitative estimate of drug-likeness (QED) is 0.585. The van der Waals surface area contributed by atoms with E-state index in [9.17, 15) is 13.6 Å². The van der Waals surface area contributed by atoms with E-state index in [1.54, 1.807) is 0 Å². The monoisotopic (exact) mass is 176 g/mol. The number of rotatable bonds is 1. The summed E-state index contributed by atoms with van der Waals surface area (Å²) in [6, 6.07) is 0. The van der Waals surface area contributed by atoms with E-state index in [0.717, 1.165) is 7.11 Å². The summed E-state index contributed by atoms with van der Waals surface area (Å²) in [5.41, 5.74) is -0.764. The topological polar surface area (TPSA) is 44.1 Å². The molecule has 1 heterocycles. The maximum atomic E-state index is 12.8. The van der Waals surface area contributed by atoms with Gasteiger partial charge in [0.15, 0.2) is 5.56 Å². The largest absolute Gasteiger partial charge is 0.465 e.